The van der Waals surface area contributed by atoms with E-state index in [2.05, 4.69) is 86.3 Å². The number of guanidine groups is 1. The Labute approximate surface area is 202 Å². The highest BCUT2D eigenvalue weighted by atomic mass is 16.5. The lowest BCUT2D eigenvalue weighted by molar-refractivity contribution is 0.0864. The lowest BCUT2D eigenvalue weighted by Crippen LogP contribution is -2.58. The summed E-state index contributed by atoms with van der Waals surface area (Å²) in [6.45, 7) is 12.9. The molecule has 1 heterocycles. The van der Waals surface area contributed by atoms with Gasteiger partial charge in [-0.05, 0) is 39.3 Å². The van der Waals surface area contributed by atoms with Crippen LogP contribution in [0.2, 0.25) is 0 Å². The van der Waals surface area contributed by atoms with Gasteiger partial charge in [0.05, 0.1) is 18.3 Å². The van der Waals surface area contributed by atoms with Crippen LogP contribution in [0, 0.1) is 5.92 Å². The van der Waals surface area contributed by atoms with E-state index in [1.165, 1.54) is 11.1 Å². The molecule has 1 aliphatic carbocycles. The Morgan fingerprint density at radius 2 is 2.03 bits per heavy atom. The molecular weight excluding hydrogens is 410 g/mol. The topological polar surface area (TPSA) is 66.1 Å². The van der Waals surface area contributed by atoms with Gasteiger partial charge in [0.15, 0.2) is 5.96 Å². The molecule has 0 amide bonds. The Morgan fingerprint density at radius 1 is 1.30 bits per heavy atom. The quantitative estimate of drug-likeness (QED) is 0.278. The number of piperazine rings is 1. The Bertz CT molecular complexity index is 727. The molecule has 1 aliphatic heterocycles. The van der Waals surface area contributed by atoms with E-state index in [-0.39, 0.29) is 24.2 Å². The first-order valence-corrected chi connectivity index (χ1v) is 12.6. The zero-order chi connectivity index (χ0) is 24.2. The molecule has 3 N–H and O–H groups in total. The van der Waals surface area contributed by atoms with Crippen molar-refractivity contribution in [1.29, 1.82) is 0 Å². The maximum Gasteiger partial charge on any atom is 0.190 e. The summed E-state index contributed by atoms with van der Waals surface area (Å²) in [6.07, 6.45) is 17.8. The lowest BCUT2D eigenvalue weighted by atomic mass is 10.0. The third-order valence-electron chi connectivity index (χ3n) is 6.39. The minimum absolute atomic E-state index is 0.108. The molecule has 6 nitrogen and oxygen atoms in total. The molecule has 0 spiro atoms. The van der Waals surface area contributed by atoms with Gasteiger partial charge in [0.25, 0.3) is 0 Å². The second-order valence-corrected chi connectivity index (χ2v) is 9.69. The minimum Gasteiger partial charge on any atom is -0.377 e. The van der Waals surface area contributed by atoms with E-state index in [0.717, 1.165) is 51.9 Å². The van der Waals surface area contributed by atoms with Crippen LogP contribution < -0.4 is 11.1 Å². The van der Waals surface area contributed by atoms with E-state index >= 15 is 0 Å². The third kappa shape index (κ3) is 9.86. The van der Waals surface area contributed by atoms with Gasteiger partial charge in [0.1, 0.15) is 0 Å². The number of hydrogen-bond donors (Lipinski definition) is 2. The van der Waals surface area contributed by atoms with Crippen LogP contribution in [0.4, 0.5) is 0 Å². The van der Waals surface area contributed by atoms with Crippen molar-refractivity contribution < 1.29 is 4.74 Å². The molecule has 6 heteroatoms. The molecule has 4 atom stereocenters. The van der Waals surface area contributed by atoms with E-state index < -0.39 is 0 Å². The number of nitrogens with two attached hydrogens (primary N) is 1. The number of methoxy groups -OCH3 is 1. The van der Waals surface area contributed by atoms with Crippen LogP contribution in [0.3, 0.4) is 0 Å². The second kappa shape index (κ2) is 14.4. The van der Waals surface area contributed by atoms with Gasteiger partial charge in [0.2, 0.25) is 0 Å². The largest absolute Gasteiger partial charge is 0.377 e. The zero-order valence-corrected chi connectivity index (χ0v) is 21.8. The molecule has 0 saturated carbocycles. The van der Waals surface area contributed by atoms with Crippen LogP contribution >= 0.6 is 0 Å². The Balaban J connectivity index is 2.14. The molecular formula is C27H47N5O. The van der Waals surface area contributed by atoms with Gasteiger partial charge in [-0.3, -0.25) is 4.90 Å². The summed E-state index contributed by atoms with van der Waals surface area (Å²) >= 11 is 0. The fraction of sp³-hybridized carbons (Fsp3) is 0.667. The Hall–Kier alpha value is -1.89. The van der Waals surface area contributed by atoms with E-state index in [4.69, 9.17) is 15.5 Å². The maximum absolute atomic E-state index is 6.48. The van der Waals surface area contributed by atoms with Gasteiger partial charge in [-0.15, -0.1) is 0 Å². The average Bonchev–Trinajstić information content (AvgIpc) is 2.80. The molecule has 4 unspecified atom stereocenters. The van der Waals surface area contributed by atoms with Crippen molar-refractivity contribution in [2.24, 2.45) is 16.6 Å². The number of nitrogens with zero attached hydrogens (tertiary/aromatic N) is 3. The van der Waals surface area contributed by atoms with Gasteiger partial charge < -0.3 is 20.7 Å². The first kappa shape index (κ1) is 27.4. The molecule has 0 radical (unpaired) electrons. The van der Waals surface area contributed by atoms with E-state index in [0.29, 0.717) is 5.96 Å². The van der Waals surface area contributed by atoms with Crippen LogP contribution in [0.25, 0.3) is 0 Å². The first-order valence-electron chi connectivity index (χ1n) is 12.6. The fourth-order valence-corrected chi connectivity index (χ4v) is 4.29. The highest BCUT2D eigenvalue weighted by Gasteiger charge is 2.26. The van der Waals surface area contributed by atoms with Gasteiger partial charge in [0, 0.05) is 39.2 Å². The Kier molecular flexibility index (Phi) is 11.9. The van der Waals surface area contributed by atoms with Crippen LogP contribution in [-0.4, -0.2) is 74.4 Å². The number of allylic oxidation sites excluding steroid dienone is 4. The first-order chi connectivity index (χ1) is 15.8. The monoisotopic (exact) mass is 457 g/mol. The highest BCUT2D eigenvalue weighted by molar-refractivity contribution is 5.78. The summed E-state index contributed by atoms with van der Waals surface area (Å²) in [5.74, 6) is 0.812. The van der Waals surface area contributed by atoms with Gasteiger partial charge >= 0.3 is 0 Å². The summed E-state index contributed by atoms with van der Waals surface area (Å²) in [5, 5.41) is 3.58. The summed E-state index contributed by atoms with van der Waals surface area (Å²) in [4.78, 5) is 9.75. The number of likely N-dealkylation sites (N-methyl/N-ethyl adjacent to an activating group) is 1. The molecule has 2 rings (SSSR count). The molecule has 0 aromatic carbocycles. The third-order valence-corrected chi connectivity index (χ3v) is 6.39. The van der Waals surface area contributed by atoms with Crippen LogP contribution in [-0.2, 0) is 4.74 Å². The van der Waals surface area contributed by atoms with Gasteiger partial charge in [-0.2, -0.15) is 0 Å². The van der Waals surface area contributed by atoms with E-state index in [9.17, 15) is 0 Å². The summed E-state index contributed by atoms with van der Waals surface area (Å²) < 4.78 is 5.41. The van der Waals surface area contributed by atoms with Crippen molar-refractivity contribution in [3.8, 4) is 0 Å². The highest BCUT2D eigenvalue weighted by Crippen LogP contribution is 2.18. The molecule has 2 aliphatic rings. The van der Waals surface area contributed by atoms with Crippen LogP contribution in [0.5, 0.6) is 0 Å². The SMILES string of the molecule is CCCCC(C=C(C)C)N=C(N)NC(C(C)C=CC1=CCC(OC)C=C1)N1CCN(C)CC1. The number of hydrogen-bond acceptors (Lipinski definition) is 4. The Morgan fingerprint density at radius 3 is 2.61 bits per heavy atom. The minimum atomic E-state index is 0.108. The number of rotatable bonds is 11. The predicted octanol–water partition coefficient (Wildman–Crippen LogP) is 4.08. The predicted molar refractivity (Wildman–Crippen MR) is 141 cm³/mol. The standard InChI is InChI=1S/C27H47N5O/c1-7-8-9-24(20-21(2)3)29-27(28)30-26(32-18-16-31(5)17-19-32)22(4)10-11-23-12-14-25(33-6)15-13-23/h10-14,20,22,24-26H,7-9,15-19H2,1-6H3,(H3,28,29,30). The van der Waals surface area contributed by atoms with Gasteiger partial charge in [-0.25, -0.2) is 4.99 Å². The number of nitrogens with one attached hydrogen (secondary N) is 1. The van der Waals surface area contributed by atoms with Gasteiger partial charge in [-0.1, -0.05) is 68.7 Å². The van der Waals surface area contributed by atoms with Crippen molar-refractivity contribution in [3.63, 3.8) is 0 Å². The molecule has 1 saturated heterocycles. The number of aliphatic imine (C=N–C) groups is 1. The molecule has 186 valence electrons. The van der Waals surface area contributed by atoms with E-state index in [1.807, 2.05) is 0 Å². The maximum atomic E-state index is 6.48. The summed E-state index contributed by atoms with van der Waals surface area (Å²) in [6, 6.07) is 0.132. The lowest BCUT2D eigenvalue weighted by Gasteiger charge is -2.40. The normalized spacial score (nSPS) is 23.3. The molecule has 33 heavy (non-hydrogen) atoms. The second-order valence-electron chi connectivity index (χ2n) is 9.69. The number of unbranched alkanes of at least 4 members (excludes halogenated alkanes) is 1. The van der Waals surface area contributed by atoms with Crippen molar-refractivity contribution >= 4 is 5.96 Å². The van der Waals surface area contributed by atoms with E-state index in [1.54, 1.807) is 7.11 Å². The molecule has 0 bridgehead atoms. The van der Waals surface area contributed by atoms with Crippen molar-refractivity contribution in [1.82, 2.24) is 15.1 Å². The van der Waals surface area contributed by atoms with Crippen LogP contribution in [0.15, 0.2) is 52.6 Å². The molecule has 0 aromatic rings. The van der Waals surface area contributed by atoms with Crippen LogP contribution in [0.1, 0.15) is 53.4 Å². The smallest absolute Gasteiger partial charge is 0.190 e. The van der Waals surface area contributed by atoms with Crippen molar-refractivity contribution in [2.45, 2.75) is 71.7 Å². The molecule has 1 fully saturated rings. The van der Waals surface area contributed by atoms with Crippen molar-refractivity contribution in [2.75, 3.05) is 40.3 Å². The average molecular weight is 458 g/mol. The zero-order valence-electron chi connectivity index (χ0n) is 21.8. The summed E-state index contributed by atoms with van der Waals surface area (Å²) in [7, 11) is 3.94. The number of ether oxygens (including phenoxy) is 1. The summed E-state index contributed by atoms with van der Waals surface area (Å²) in [5.41, 5.74) is 8.99. The molecule has 0 aromatic heterocycles. The van der Waals surface area contributed by atoms with Crippen molar-refractivity contribution in [3.05, 3.63) is 47.6 Å². The fourth-order valence-electron chi connectivity index (χ4n) is 4.29.